The van der Waals surface area contributed by atoms with Crippen LogP contribution < -0.4 is 5.32 Å². The molecule has 2 aromatic heterocycles. The molecule has 0 aromatic carbocycles. The van der Waals surface area contributed by atoms with Crippen LogP contribution in [0.3, 0.4) is 0 Å². The summed E-state index contributed by atoms with van der Waals surface area (Å²) >= 11 is 0. The van der Waals surface area contributed by atoms with Gasteiger partial charge >= 0.3 is 0 Å². The summed E-state index contributed by atoms with van der Waals surface area (Å²) in [6.07, 6.45) is 8.00. The molecule has 0 radical (unpaired) electrons. The van der Waals surface area contributed by atoms with E-state index in [4.69, 9.17) is 0 Å². The van der Waals surface area contributed by atoms with Crippen molar-refractivity contribution < 1.29 is 0 Å². The minimum atomic E-state index is 0. The first-order chi connectivity index (χ1) is 10.7. The largest absolute Gasteiger partial charge is 0.314 e. The minimum Gasteiger partial charge on any atom is -0.314 e. The van der Waals surface area contributed by atoms with E-state index in [9.17, 15) is 0 Å². The number of piperazine rings is 1. The van der Waals surface area contributed by atoms with E-state index in [2.05, 4.69) is 51.1 Å². The number of halogens is 1. The third kappa shape index (κ3) is 4.77. The maximum absolute atomic E-state index is 4.48. The topological polar surface area (TPSA) is 46.0 Å². The highest BCUT2D eigenvalue weighted by atomic mass is 35.5. The van der Waals surface area contributed by atoms with Gasteiger partial charge in [0.1, 0.15) is 0 Å². The second kappa shape index (κ2) is 8.43. The van der Waals surface area contributed by atoms with Crippen LogP contribution in [-0.2, 0) is 13.1 Å². The quantitative estimate of drug-likeness (QED) is 0.912. The molecule has 5 nitrogen and oxygen atoms in total. The highest BCUT2D eigenvalue weighted by Crippen LogP contribution is 2.23. The monoisotopic (exact) mass is 335 g/mol. The Balaban J connectivity index is 0.00000192. The van der Waals surface area contributed by atoms with E-state index in [1.165, 1.54) is 11.1 Å². The van der Waals surface area contributed by atoms with Gasteiger partial charge in [-0.2, -0.15) is 5.10 Å². The van der Waals surface area contributed by atoms with Crippen molar-refractivity contribution in [2.75, 3.05) is 19.6 Å². The van der Waals surface area contributed by atoms with Crippen molar-refractivity contribution in [2.45, 2.75) is 33.0 Å². The molecule has 0 saturated carbocycles. The van der Waals surface area contributed by atoms with E-state index in [1.54, 1.807) is 0 Å². The Morgan fingerprint density at radius 1 is 1.35 bits per heavy atom. The number of rotatable bonds is 5. The van der Waals surface area contributed by atoms with Gasteiger partial charge in [-0.15, -0.1) is 12.4 Å². The van der Waals surface area contributed by atoms with E-state index in [-0.39, 0.29) is 12.4 Å². The lowest BCUT2D eigenvalue weighted by atomic mass is 10.0. The van der Waals surface area contributed by atoms with Crippen molar-refractivity contribution in [3.05, 3.63) is 48.0 Å². The van der Waals surface area contributed by atoms with Gasteiger partial charge in [0, 0.05) is 62.9 Å². The summed E-state index contributed by atoms with van der Waals surface area (Å²) in [5.41, 5.74) is 2.57. The van der Waals surface area contributed by atoms with Crippen LogP contribution in [0.4, 0.5) is 0 Å². The molecule has 6 heteroatoms. The average Bonchev–Trinajstić information content (AvgIpc) is 2.95. The van der Waals surface area contributed by atoms with Gasteiger partial charge < -0.3 is 5.32 Å². The summed E-state index contributed by atoms with van der Waals surface area (Å²) in [4.78, 5) is 6.79. The molecule has 3 rings (SSSR count). The van der Waals surface area contributed by atoms with E-state index >= 15 is 0 Å². The van der Waals surface area contributed by atoms with E-state index in [0.717, 1.165) is 32.7 Å². The van der Waals surface area contributed by atoms with Crippen molar-refractivity contribution in [1.82, 2.24) is 25.0 Å². The molecule has 1 N–H and O–H groups in total. The minimum absolute atomic E-state index is 0. The van der Waals surface area contributed by atoms with Crippen LogP contribution in [0.2, 0.25) is 0 Å². The first-order valence-corrected chi connectivity index (χ1v) is 8.08. The lowest BCUT2D eigenvalue weighted by molar-refractivity contribution is 0.153. The molecule has 1 aliphatic rings. The van der Waals surface area contributed by atoms with Crippen LogP contribution in [0.15, 0.2) is 36.9 Å². The van der Waals surface area contributed by atoms with Gasteiger partial charge in [-0.05, 0) is 17.5 Å². The fourth-order valence-corrected chi connectivity index (χ4v) is 3.03. The number of aromatic nitrogens is 3. The van der Waals surface area contributed by atoms with Crippen LogP contribution in [-0.4, -0.2) is 39.3 Å². The lowest BCUT2D eigenvalue weighted by Crippen LogP contribution is -2.45. The zero-order valence-corrected chi connectivity index (χ0v) is 14.7. The fraction of sp³-hybridized carbons (Fsp3) is 0.529. The van der Waals surface area contributed by atoms with Crippen molar-refractivity contribution in [1.29, 1.82) is 0 Å². The summed E-state index contributed by atoms with van der Waals surface area (Å²) < 4.78 is 2.06. The van der Waals surface area contributed by atoms with Crippen molar-refractivity contribution in [2.24, 2.45) is 5.92 Å². The van der Waals surface area contributed by atoms with Gasteiger partial charge in [-0.1, -0.05) is 19.9 Å². The molecular formula is C17H26ClN5. The maximum Gasteiger partial charge on any atom is 0.0534 e. The standard InChI is InChI=1S/C17H25N5.ClH/c1-14(2)11-22-13-15(8-20-22)12-21-7-6-19-10-17(21)16-4-3-5-18-9-16;/h3-5,8-9,13-14,17,19H,6-7,10-12H2,1-2H3;1H. The smallest absolute Gasteiger partial charge is 0.0534 e. The molecule has 1 unspecified atom stereocenters. The Morgan fingerprint density at radius 3 is 2.96 bits per heavy atom. The summed E-state index contributed by atoms with van der Waals surface area (Å²) in [6, 6.07) is 4.57. The third-order valence-electron chi connectivity index (χ3n) is 4.05. The number of pyridine rings is 1. The highest BCUT2D eigenvalue weighted by molar-refractivity contribution is 5.85. The molecule has 0 aliphatic carbocycles. The van der Waals surface area contributed by atoms with E-state index in [0.29, 0.717) is 12.0 Å². The summed E-state index contributed by atoms with van der Waals surface area (Å²) in [7, 11) is 0. The zero-order valence-electron chi connectivity index (χ0n) is 13.9. The number of hydrogen-bond donors (Lipinski definition) is 1. The second-order valence-corrected chi connectivity index (χ2v) is 6.44. The molecule has 1 aliphatic heterocycles. The van der Waals surface area contributed by atoms with Crippen LogP contribution in [0, 0.1) is 5.92 Å². The predicted octanol–water partition coefficient (Wildman–Crippen LogP) is 2.50. The molecule has 126 valence electrons. The van der Waals surface area contributed by atoms with Gasteiger partial charge in [-0.3, -0.25) is 14.6 Å². The Morgan fingerprint density at radius 2 is 2.22 bits per heavy atom. The number of hydrogen-bond acceptors (Lipinski definition) is 4. The Hall–Kier alpha value is -1.43. The molecule has 1 saturated heterocycles. The fourth-order valence-electron chi connectivity index (χ4n) is 3.03. The predicted molar refractivity (Wildman–Crippen MR) is 94.6 cm³/mol. The summed E-state index contributed by atoms with van der Waals surface area (Å²) in [6.45, 7) is 9.43. The zero-order chi connectivity index (χ0) is 15.4. The van der Waals surface area contributed by atoms with Crippen molar-refractivity contribution >= 4 is 12.4 Å². The van der Waals surface area contributed by atoms with E-state index < -0.39 is 0 Å². The molecule has 23 heavy (non-hydrogen) atoms. The molecule has 0 bridgehead atoms. The van der Waals surface area contributed by atoms with Crippen LogP contribution in [0.1, 0.15) is 31.0 Å². The molecule has 2 aromatic rings. The highest BCUT2D eigenvalue weighted by Gasteiger charge is 2.24. The summed E-state index contributed by atoms with van der Waals surface area (Å²) in [5.74, 6) is 0.620. The van der Waals surface area contributed by atoms with E-state index in [1.807, 2.05) is 24.7 Å². The maximum atomic E-state index is 4.48. The van der Waals surface area contributed by atoms with Crippen molar-refractivity contribution in [3.8, 4) is 0 Å². The van der Waals surface area contributed by atoms with Crippen LogP contribution in [0.5, 0.6) is 0 Å². The van der Waals surface area contributed by atoms with Gasteiger partial charge in [-0.25, -0.2) is 0 Å². The van der Waals surface area contributed by atoms with Crippen LogP contribution >= 0.6 is 12.4 Å². The third-order valence-corrected chi connectivity index (χ3v) is 4.05. The van der Waals surface area contributed by atoms with Gasteiger partial charge in [0.2, 0.25) is 0 Å². The van der Waals surface area contributed by atoms with Gasteiger partial charge in [0.15, 0.2) is 0 Å². The molecule has 1 fully saturated rings. The Labute approximate surface area is 144 Å². The number of nitrogens with zero attached hydrogens (tertiary/aromatic N) is 4. The summed E-state index contributed by atoms with van der Waals surface area (Å²) in [5, 5.41) is 7.97. The van der Waals surface area contributed by atoms with Gasteiger partial charge in [0.25, 0.3) is 0 Å². The molecule has 0 spiro atoms. The average molecular weight is 336 g/mol. The second-order valence-electron chi connectivity index (χ2n) is 6.44. The Bertz CT molecular complexity index is 584. The molecular weight excluding hydrogens is 310 g/mol. The SMILES string of the molecule is CC(C)Cn1cc(CN2CCNCC2c2cccnc2)cn1.Cl. The number of nitrogens with one attached hydrogen (secondary N) is 1. The molecule has 0 amide bonds. The first kappa shape index (κ1) is 17.9. The lowest BCUT2D eigenvalue weighted by Gasteiger charge is -2.36. The molecule has 1 atom stereocenters. The van der Waals surface area contributed by atoms with Crippen LogP contribution in [0.25, 0.3) is 0 Å². The Kier molecular flexibility index (Phi) is 6.57. The normalized spacial score (nSPS) is 18.8. The van der Waals surface area contributed by atoms with Crippen molar-refractivity contribution in [3.63, 3.8) is 0 Å². The molecule has 3 heterocycles. The van der Waals surface area contributed by atoms with Gasteiger partial charge in [0.05, 0.1) is 6.20 Å². The first-order valence-electron chi connectivity index (χ1n) is 8.08.